The molecular weight excluding hydrogens is 208 g/mol. The molecule has 4 N–H and O–H groups in total. The van der Waals surface area contributed by atoms with Crippen molar-refractivity contribution in [2.75, 3.05) is 6.61 Å². The zero-order chi connectivity index (χ0) is 11.5. The average Bonchev–Trinajstić information content (AvgIpc) is 2.76. The van der Waals surface area contributed by atoms with Gasteiger partial charge < -0.3 is 20.3 Å². The van der Waals surface area contributed by atoms with Crippen LogP contribution in [0.2, 0.25) is 0 Å². The molecule has 2 heterocycles. The minimum absolute atomic E-state index is 0.148. The molecule has 86 valence electrons. The largest absolute Gasteiger partial charge is 0.396 e. The first-order chi connectivity index (χ1) is 7.74. The molecule has 0 fully saturated rings. The Morgan fingerprint density at radius 2 is 2.12 bits per heavy atom. The molecule has 0 spiro atoms. The van der Waals surface area contributed by atoms with Gasteiger partial charge in [0.05, 0.1) is 6.10 Å². The molecule has 0 aliphatic rings. The lowest BCUT2D eigenvalue weighted by molar-refractivity contribution is 0.00498. The van der Waals surface area contributed by atoms with Crippen molar-refractivity contribution in [1.82, 2.24) is 9.97 Å². The second-order valence-corrected chi connectivity index (χ2v) is 3.66. The van der Waals surface area contributed by atoms with Gasteiger partial charge in [-0.25, -0.2) is 4.98 Å². The van der Waals surface area contributed by atoms with E-state index in [0.717, 1.165) is 5.39 Å². The van der Waals surface area contributed by atoms with Crippen LogP contribution in [0.5, 0.6) is 0 Å². The summed E-state index contributed by atoms with van der Waals surface area (Å²) in [6.07, 6.45) is 1.48. The summed E-state index contributed by atoms with van der Waals surface area (Å²) in [6, 6.07) is 3.47. The van der Waals surface area contributed by atoms with Crippen LogP contribution >= 0.6 is 0 Å². The van der Waals surface area contributed by atoms with Crippen LogP contribution in [0.4, 0.5) is 0 Å². The van der Waals surface area contributed by atoms with Crippen LogP contribution in [0.3, 0.4) is 0 Å². The van der Waals surface area contributed by atoms with E-state index in [1.807, 2.05) is 0 Å². The highest BCUT2D eigenvalue weighted by Crippen LogP contribution is 2.25. The van der Waals surface area contributed by atoms with E-state index in [0.29, 0.717) is 11.2 Å². The van der Waals surface area contributed by atoms with Gasteiger partial charge in [-0.2, -0.15) is 0 Å². The number of H-pyrrole nitrogens is 1. The van der Waals surface area contributed by atoms with Gasteiger partial charge in [0.15, 0.2) is 0 Å². The smallest absolute Gasteiger partial charge is 0.137 e. The zero-order valence-corrected chi connectivity index (χ0v) is 8.67. The van der Waals surface area contributed by atoms with E-state index >= 15 is 0 Å². The maximum atomic E-state index is 9.93. The fraction of sp³-hybridized carbons (Fsp3) is 0.364. The number of nitrogens with one attached hydrogen (secondary N) is 1. The standard InChI is InChI=1S/C11H14N2O3/c14-6-3-9(15)10(16)7-1-4-12-11-8(7)2-5-13-11/h1-2,4-5,9-10,14-16H,3,6H2,(H,12,13). The number of aliphatic hydroxyl groups is 3. The number of aromatic amines is 1. The number of hydrogen-bond acceptors (Lipinski definition) is 4. The summed E-state index contributed by atoms with van der Waals surface area (Å²) >= 11 is 0. The van der Waals surface area contributed by atoms with Crippen LogP contribution in [0, 0.1) is 0 Å². The number of aliphatic hydroxyl groups excluding tert-OH is 3. The predicted molar refractivity (Wildman–Crippen MR) is 58.8 cm³/mol. The SMILES string of the molecule is OCCC(O)C(O)c1ccnc2[nH]ccc12. The van der Waals surface area contributed by atoms with Gasteiger partial charge in [-0.1, -0.05) is 0 Å². The Kier molecular flexibility index (Phi) is 3.19. The van der Waals surface area contributed by atoms with E-state index in [9.17, 15) is 10.2 Å². The lowest BCUT2D eigenvalue weighted by Crippen LogP contribution is -2.19. The Labute approximate surface area is 92.4 Å². The van der Waals surface area contributed by atoms with Crippen molar-refractivity contribution in [3.8, 4) is 0 Å². The molecule has 2 aromatic heterocycles. The number of fused-ring (bicyclic) bond motifs is 1. The molecule has 0 aliphatic carbocycles. The molecule has 0 saturated heterocycles. The molecule has 0 aromatic carbocycles. The molecule has 2 unspecified atom stereocenters. The van der Waals surface area contributed by atoms with Crippen molar-refractivity contribution < 1.29 is 15.3 Å². The van der Waals surface area contributed by atoms with Crippen LogP contribution in [0.1, 0.15) is 18.1 Å². The minimum Gasteiger partial charge on any atom is -0.396 e. The third-order valence-corrected chi connectivity index (χ3v) is 2.60. The van der Waals surface area contributed by atoms with E-state index in [4.69, 9.17) is 5.11 Å². The topological polar surface area (TPSA) is 89.4 Å². The molecular formula is C11H14N2O3. The zero-order valence-electron chi connectivity index (χ0n) is 8.67. The molecule has 2 rings (SSSR count). The highest BCUT2D eigenvalue weighted by atomic mass is 16.3. The van der Waals surface area contributed by atoms with Crippen molar-refractivity contribution in [3.05, 3.63) is 30.1 Å². The molecule has 5 nitrogen and oxygen atoms in total. The summed E-state index contributed by atoms with van der Waals surface area (Å²) in [7, 11) is 0. The van der Waals surface area contributed by atoms with Gasteiger partial charge in [0.2, 0.25) is 0 Å². The maximum Gasteiger partial charge on any atom is 0.137 e. The monoisotopic (exact) mass is 222 g/mol. The van der Waals surface area contributed by atoms with E-state index in [-0.39, 0.29) is 13.0 Å². The van der Waals surface area contributed by atoms with Crippen molar-refractivity contribution in [2.45, 2.75) is 18.6 Å². The molecule has 16 heavy (non-hydrogen) atoms. The van der Waals surface area contributed by atoms with E-state index in [1.165, 1.54) is 0 Å². The Hall–Kier alpha value is -1.43. The first kappa shape index (κ1) is 11.1. The van der Waals surface area contributed by atoms with Crippen molar-refractivity contribution >= 4 is 11.0 Å². The molecule has 2 aromatic rings. The summed E-state index contributed by atoms with van der Waals surface area (Å²) in [5.41, 5.74) is 1.29. The highest BCUT2D eigenvalue weighted by molar-refractivity contribution is 5.79. The van der Waals surface area contributed by atoms with Gasteiger partial charge in [-0.15, -0.1) is 0 Å². The Morgan fingerprint density at radius 1 is 1.31 bits per heavy atom. The van der Waals surface area contributed by atoms with Crippen LogP contribution in [-0.2, 0) is 0 Å². The molecule has 0 saturated carbocycles. The number of rotatable bonds is 4. The lowest BCUT2D eigenvalue weighted by atomic mass is 10.0. The quantitative estimate of drug-likeness (QED) is 0.600. The Balaban J connectivity index is 2.35. The van der Waals surface area contributed by atoms with Crippen LogP contribution < -0.4 is 0 Å². The predicted octanol–water partition coefficient (Wildman–Crippen LogP) is 0.340. The fourth-order valence-electron chi connectivity index (χ4n) is 1.74. The van der Waals surface area contributed by atoms with Gasteiger partial charge in [0.1, 0.15) is 11.8 Å². The normalized spacial score (nSPS) is 15.2. The van der Waals surface area contributed by atoms with E-state index in [1.54, 1.807) is 24.5 Å². The summed E-state index contributed by atoms with van der Waals surface area (Å²) in [4.78, 5) is 7.02. The maximum absolute atomic E-state index is 9.93. The van der Waals surface area contributed by atoms with Crippen molar-refractivity contribution in [3.63, 3.8) is 0 Å². The number of aromatic nitrogens is 2. The Bertz CT molecular complexity index is 469. The van der Waals surface area contributed by atoms with E-state index in [2.05, 4.69) is 9.97 Å². The summed E-state index contributed by atoms with van der Waals surface area (Å²) in [5.74, 6) is 0. The second-order valence-electron chi connectivity index (χ2n) is 3.66. The summed E-state index contributed by atoms with van der Waals surface area (Å²) in [5, 5.41) is 29.1. The fourth-order valence-corrected chi connectivity index (χ4v) is 1.74. The summed E-state index contributed by atoms with van der Waals surface area (Å²) in [6.45, 7) is -0.153. The minimum atomic E-state index is -1.01. The van der Waals surface area contributed by atoms with Gasteiger partial charge in [0.25, 0.3) is 0 Å². The third kappa shape index (κ3) is 1.92. The molecule has 0 radical (unpaired) electrons. The van der Waals surface area contributed by atoms with Crippen LogP contribution in [0.15, 0.2) is 24.5 Å². The lowest BCUT2D eigenvalue weighted by Gasteiger charge is -2.17. The van der Waals surface area contributed by atoms with E-state index < -0.39 is 12.2 Å². The first-order valence-electron chi connectivity index (χ1n) is 5.13. The first-order valence-corrected chi connectivity index (χ1v) is 5.13. The van der Waals surface area contributed by atoms with Crippen LogP contribution in [0.25, 0.3) is 11.0 Å². The third-order valence-electron chi connectivity index (χ3n) is 2.60. The molecule has 5 heteroatoms. The van der Waals surface area contributed by atoms with Gasteiger partial charge in [0, 0.05) is 24.4 Å². The van der Waals surface area contributed by atoms with Crippen molar-refractivity contribution in [2.24, 2.45) is 0 Å². The van der Waals surface area contributed by atoms with Gasteiger partial charge >= 0.3 is 0 Å². The molecule has 2 atom stereocenters. The number of hydrogen-bond donors (Lipinski definition) is 4. The molecule has 0 amide bonds. The van der Waals surface area contributed by atoms with Gasteiger partial charge in [-0.05, 0) is 24.1 Å². The number of pyridine rings is 1. The number of nitrogens with zero attached hydrogens (tertiary/aromatic N) is 1. The van der Waals surface area contributed by atoms with Crippen LogP contribution in [-0.4, -0.2) is 38.0 Å². The van der Waals surface area contributed by atoms with Crippen molar-refractivity contribution in [1.29, 1.82) is 0 Å². The average molecular weight is 222 g/mol. The highest BCUT2D eigenvalue weighted by Gasteiger charge is 2.20. The molecule has 0 bridgehead atoms. The molecule has 0 aliphatic heterocycles. The summed E-state index contributed by atoms with van der Waals surface area (Å²) < 4.78 is 0. The second kappa shape index (κ2) is 4.61. The Morgan fingerprint density at radius 3 is 2.88 bits per heavy atom. The van der Waals surface area contributed by atoms with Gasteiger partial charge in [-0.3, -0.25) is 0 Å².